The van der Waals surface area contributed by atoms with Gasteiger partial charge < -0.3 is 20.6 Å². The number of aromatic hydroxyl groups is 1. The molecule has 42 heavy (non-hydrogen) atoms. The molecule has 3 aromatic carbocycles. The number of hydrogen-bond acceptors (Lipinski definition) is 5. The van der Waals surface area contributed by atoms with Gasteiger partial charge in [0.1, 0.15) is 23.4 Å². The number of hydrogen-bond donors (Lipinski definition) is 3. The summed E-state index contributed by atoms with van der Waals surface area (Å²) in [6.07, 6.45) is 1.62. The number of benzene rings is 3. The van der Waals surface area contributed by atoms with E-state index in [2.05, 4.69) is 17.2 Å². The molecule has 11 heteroatoms. The Labute approximate surface area is 243 Å². The Balaban J connectivity index is 1.60. The van der Waals surface area contributed by atoms with Gasteiger partial charge in [-0.1, -0.05) is 48.5 Å². The van der Waals surface area contributed by atoms with E-state index in [9.17, 15) is 28.3 Å². The van der Waals surface area contributed by atoms with Crippen molar-refractivity contribution in [3.63, 3.8) is 0 Å². The quantitative estimate of drug-likeness (QED) is 0.339. The molecule has 9 nitrogen and oxygen atoms in total. The standard InChI is InChI=1S/C31H33F2N5O4/c1-2-14-38(31(42)34-19-23-6-4-3-5-7-23)37-16-15-36(20-24-18-25(32)10-13-27(24)33)30(41)28(35-29(40)21-37)17-22-8-11-26(39)12-9-22/h2-13,18,28,39H,1,14-17,19-21H2,(H,34,42)(H,35,40)/t28-/m0/s1. The summed E-state index contributed by atoms with van der Waals surface area (Å²) in [5.74, 6) is -2.27. The minimum Gasteiger partial charge on any atom is -0.508 e. The summed E-state index contributed by atoms with van der Waals surface area (Å²) >= 11 is 0. The molecular formula is C31H33F2N5O4. The van der Waals surface area contributed by atoms with Crippen LogP contribution in [0.15, 0.2) is 85.5 Å². The van der Waals surface area contributed by atoms with Crippen LogP contribution in [0.3, 0.4) is 0 Å². The van der Waals surface area contributed by atoms with E-state index in [4.69, 9.17) is 0 Å². The molecule has 1 saturated heterocycles. The molecule has 1 heterocycles. The summed E-state index contributed by atoms with van der Waals surface area (Å²) in [5.41, 5.74) is 1.54. The number of carbonyl (C=O) groups excluding carboxylic acids is 3. The minimum atomic E-state index is -1.03. The molecule has 0 radical (unpaired) electrons. The van der Waals surface area contributed by atoms with Crippen LogP contribution in [0.5, 0.6) is 5.75 Å². The lowest BCUT2D eigenvalue weighted by Crippen LogP contribution is -2.54. The Kier molecular flexibility index (Phi) is 10.2. The van der Waals surface area contributed by atoms with Crippen LogP contribution in [0.4, 0.5) is 13.6 Å². The fraction of sp³-hybridized carbons (Fsp3) is 0.258. The summed E-state index contributed by atoms with van der Waals surface area (Å²) in [6, 6.07) is 17.1. The molecule has 0 bridgehead atoms. The normalized spacial score (nSPS) is 16.1. The fourth-order valence-corrected chi connectivity index (χ4v) is 4.67. The van der Waals surface area contributed by atoms with E-state index in [0.717, 1.165) is 23.8 Å². The van der Waals surface area contributed by atoms with Crippen molar-refractivity contribution in [1.29, 1.82) is 0 Å². The average Bonchev–Trinajstić information content (AvgIpc) is 3.03. The van der Waals surface area contributed by atoms with Crippen molar-refractivity contribution in [2.45, 2.75) is 25.6 Å². The lowest BCUT2D eigenvalue weighted by atomic mass is 10.0. The summed E-state index contributed by atoms with van der Waals surface area (Å²) in [6.45, 7) is 3.64. The minimum absolute atomic E-state index is 0.00936. The first-order valence-corrected chi connectivity index (χ1v) is 13.5. The zero-order valence-corrected chi connectivity index (χ0v) is 23.0. The third-order valence-corrected chi connectivity index (χ3v) is 6.81. The highest BCUT2D eigenvalue weighted by atomic mass is 19.1. The number of rotatable bonds is 9. The van der Waals surface area contributed by atoms with Gasteiger partial charge in [0.25, 0.3) is 0 Å². The Morgan fingerprint density at radius 3 is 2.50 bits per heavy atom. The van der Waals surface area contributed by atoms with Crippen molar-refractivity contribution in [1.82, 2.24) is 25.6 Å². The molecule has 1 aliphatic rings. The summed E-state index contributed by atoms with van der Waals surface area (Å²) < 4.78 is 28.6. The zero-order valence-electron chi connectivity index (χ0n) is 23.0. The number of carbonyl (C=O) groups is 3. The second-order valence-electron chi connectivity index (χ2n) is 9.89. The molecule has 0 unspecified atom stereocenters. The molecular weight excluding hydrogens is 544 g/mol. The van der Waals surface area contributed by atoms with E-state index in [1.54, 1.807) is 12.1 Å². The molecule has 3 aromatic rings. The van der Waals surface area contributed by atoms with E-state index < -0.39 is 35.5 Å². The maximum Gasteiger partial charge on any atom is 0.332 e. The highest BCUT2D eigenvalue weighted by molar-refractivity contribution is 5.89. The third-order valence-electron chi connectivity index (χ3n) is 6.81. The van der Waals surface area contributed by atoms with Gasteiger partial charge in [-0.3, -0.25) is 14.6 Å². The molecule has 1 aliphatic heterocycles. The van der Waals surface area contributed by atoms with Crippen LogP contribution in [-0.2, 0) is 29.1 Å². The van der Waals surface area contributed by atoms with E-state index in [-0.39, 0.29) is 57.0 Å². The number of phenolic OH excluding ortho intramolecular Hbond substituents is 1. The molecule has 1 atom stereocenters. The number of nitrogens with one attached hydrogen (secondary N) is 2. The Morgan fingerprint density at radius 1 is 1.05 bits per heavy atom. The van der Waals surface area contributed by atoms with Crippen LogP contribution >= 0.6 is 0 Å². The van der Waals surface area contributed by atoms with Gasteiger partial charge in [0.05, 0.1) is 13.1 Å². The molecule has 4 rings (SSSR count). The van der Waals surface area contributed by atoms with Crippen molar-refractivity contribution in [3.8, 4) is 5.75 Å². The fourth-order valence-electron chi connectivity index (χ4n) is 4.67. The van der Waals surface area contributed by atoms with Crippen molar-refractivity contribution in [2.24, 2.45) is 0 Å². The van der Waals surface area contributed by atoms with Crippen molar-refractivity contribution in [2.75, 3.05) is 26.2 Å². The first-order valence-electron chi connectivity index (χ1n) is 13.5. The van der Waals surface area contributed by atoms with Gasteiger partial charge in [0.2, 0.25) is 11.8 Å². The predicted octanol–water partition coefficient (Wildman–Crippen LogP) is 3.35. The van der Waals surface area contributed by atoms with Gasteiger partial charge in [0, 0.05) is 38.2 Å². The molecule has 0 aromatic heterocycles. The molecule has 1 fully saturated rings. The van der Waals surface area contributed by atoms with Crippen molar-refractivity contribution < 1.29 is 28.3 Å². The van der Waals surface area contributed by atoms with Crippen molar-refractivity contribution >= 4 is 17.8 Å². The maximum atomic E-state index is 14.6. The number of hydrazine groups is 1. The number of urea groups is 1. The topological polar surface area (TPSA) is 105 Å². The van der Waals surface area contributed by atoms with E-state index >= 15 is 0 Å². The summed E-state index contributed by atoms with van der Waals surface area (Å²) in [7, 11) is 0. The van der Waals surface area contributed by atoms with Gasteiger partial charge in [-0.05, 0) is 41.5 Å². The predicted molar refractivity (Wildman–Crippen MR) is 153 cm³/mol. The van der Waals surface area contributed by atoms with Crippen LogP contribution < -0.4 is 10.6 Å². The van der Waals surface area contributed by atoms with Crippen LogP contribution in [0.1, 0.15) is 16.7 Å². The lowest BCUT2D eigenvalue weighted by molar-refractivity contribution is -0.136. The first-order chi connectivity index (χ1) is 20.2. The highest BCUT2D eigenvalue weighted by Gasteiger charge is 2.32. The Bertz CT molecular complexity index is 1400. The van der Waals surface area contributed by atoms with Gasteiger partial charge in [0.15, 0.2) is 0 Å². The smallest absolute Gasteiger partial charge is 0.332 e. The van der Waals surface area contributed by atoms with E-state index in [1.807, 2.05) is 30.3 Å². The van der Waals surface area contributed by atoms with Crippen molar-refractivity contribution in [3.05, 3.63) is 114 Å². The Morgan fingerprint density at radius 2 is 1.79 bits per heavy atom. The van der Waals surface area contributed by atoms with E-state index in [0.29, 0.717) is 5.56 Å². The molecule has 0 aliphatic carbocycles. The molecule has 4 amide bonds. The zero-order chi connectivity index (χ0) is 30.1. The number of amides is 4. The monoisotopic (exact) mass is 577 g/mol. The third kappa shape index (κ3) is 8.14. The number of nitrogens with zero attached hydrogens (tertiary/aromatic N) is 3. The van der Waals surface area contributed by atoms with E-state index in [1.165, 1.54) is 33.1 Å². The summed E-state index contributed by atoms with van der Waals surface area (Å²) in [5, 5.41) is 18.1. The van der Waals surface area contributed by atoms with Crippen LogP contribution in [-0.4, -0.2) is 70.1 Å². The number of halogens is 2. The van der Waals surface area contributed by atoms with Gasteiger partial charge >= 0.3 is 6.03 Å². The average molecular weight is 578 g/mol. The lowest BCUT2D eigenvalue weighted by Gasteiger charge is -2.34. The molecule has 0 saturated carbocycles. The van der Waals surface area contributed by atoms with Gasteiger partial charge in [-0.2, -0.15) is 0 Å². The number of phenols is 1. The largest absolute Gasteiger partial charge is 0.508 e. The maximum absolute atomic E-state index is 14.6. The molecule has 3 N–H and O–H groups in total. The van der Waals surface area contributed by atoms with Crippen LogP contribution in [0, 0.1) is 11.6 Å². The first kappa shape index (κ1) is 30.2. The molecule has 0 spiro atoms. The second-order valence-corrected chi connectivity index (χ2v) is 9.89. The second kappa shape index (κ2) is 14.2. The van der Waals surface area contributed by atoms with Crippen LogP contribution in [0.2, 0.25) is 0 Å². The van der Waals surface area contributed by atoms with Gasteiger partial charge in [-0.25, -0.2) is 18.6 Å². The van der Waals surface area contributed by atoms with Crippen LogP contribution in [0.25, 0.3) is 0 Å². The Hall–Kier alpha value is -4.77. The van der Waals surface area contributed by atoms with Gasteiger partial charge in [-0.15, -0.1) is 6.58 Å². The highest BCUT2D eigenvalue weighted by Crippen LogP contribution is 2.17. The molecule has 220 valence electrons. The SMILES string of the molecule is C=CCN(C(=O)NCc1ccccc1)N1CCN(Cc2cc(F)ccc2F)C(=O)[C@H](Cc2ccc(O)cc2)NC(=O)C1. The summed E-state index contributed by atoms with van der Waals surface area (Å²) in [4.78, 5) is 41.6.